The molecular weight excluding hydrogens is 401 g/mol. The van der Waals surface area contributed by atoms with Crippen molar-refractivity contribution in [2.45, 2.75) is 70.9 Å². The zero-order valence-corrected chi connectivity index (χ0v) is 17.9. The van der Waals surface area contributed by atoms with E-state index in [4.69, 9.17) is 4.74 Å². The first kappa shape index (κ1) is 22.5. The summed E-state index contributed by atoms with van der Waals surface area (Å²) in [6.07, 6.45) is 4.69. The number of nitrogens with zero attached hydrogens (tertiary/aromatic N) is 2. The minimum Gasteiger partial charge on any atom is -0.460 e. The van der Waals surface area contributed by atoms with Gasteiger partial charge in [-0.1, -0.05) is 31.1 Å². The molecule has 0 bridgehead atoms. The summed E-state index contributed by atoms with van der Waals surface area (Å²) in [5.74, 6) is 1.74. The molecule has 1 aliphatic heterocycles. The minimum atomic E-state index is -4.33. The van der Waals surface area contributed by atoms with E-state index in [1.807, 2.05) is 6.92 Å². The van der Waals surface area contributed by atoms with Crippen LogP contribution in [0.2, 0.25) is 0 Å². The Bertz CT molecular complexity index is 644. The number of Topliss-reactive ketones (excluding diaryl/α,β-unsaturated/α-hetero) is 1. The highest BCUT2D eigenvalue weighted by Gasteiger charge is 2.30. The predicted octanol–water partition coefficient (Wildman–Crippen LogP) is 5.05. The quantitative estimate of drug-likeness (QED) is 0.577. The van der Waals surface area contributed by atoms with E-state index < -0.39 is 12.8 Å². The highest BCUT2D eigenvalue weighted by Crippen LogP contribution is 2.34. The van der Waals surface area contributed by atoms with Gasteiger partial charge in [0.05, 0.1) is 5.69 Å². The number of hydrogen-bond donors (Lipinski definition) is 0. The van der Waals surface area contributed by atoms with E-state index in [0.29, 0.717) is 18.1 Å². The first-order valence-electron chi connectivity index (χ1n) is 10.7. The molecule has 1 aromatic heterocycles. The highest BCUT2D eigenvalue weighted by molar-refractivity contribution is 7.13. The van der Waals surface area contributed by atoms with Gasteiger partial charge in [-0.05, 0) is 44.1 Å². The zero-order valence-electron chi connectivity index (χ0n) is 17.1. The molecule has 0 unspecified atom stereocenters. The van der Waals surface area contributed by atoms with Crippen molar-refractivity contribution in [2.75, 3.05) is 26.2 Å². The molecule has 0 spiro atoms. The largest absolute Gasteiger partial charge is 0.460 e. The lowest BCUT2D eigenvalue weighted by Crippen LogP contribution is -2.29. The van der Waals surface area contributed by atoms with Crippen LogP contribution in [-0.2, 0) is 17.6 Å². The van der Waals surface area contributed by atoms with Crippen LogP contribution >= 0.6 is 11.3 Å². The molecule has 29 heavy (non-hydrogen) atoms. The molecule has 0 amide bonds. The van der Waals surface area contributed by atoms with Crippen molar-refractivity contribution >= 4 is 17.1 Å². The Hall–Kier alpha value is -1.15. The smallest absolute Gasteiger partial charge is 0.422 e. The average molecular weight is 433 g/mol. The fourth-order valence-electron chi connectivity index (χ4n) is 4.37. The number of carbonyl (C=O) groups is 1. The molecule has 3 rings (SSSR count). The second-order valence-electron chi connectivity index (χ2n) is 8.37. The van der Waals surface area contributed by atoms with Crippen LogP contribution in [0.15, 0.2) is 0 Å². The van der Waals surface area contributed by atoms with Crippen LogP contribution in [0.5, 0.6) is 5.19 Å². The van der Waals surface area contributed by atoms with E-state index >= 15 is 0 Å². The second kappa shape index (κ2) is 10.2. The lowest BCUT2D eigenvalue weighted by molar-refractivity contribution is -0.153. The molecule has 0 radical (unpaired) electrons. The molecular formula is C21H31F3N2O2S. The summed E-state index contributed by atoms with van der Waals surface area (Å²) >= 11 is 1.26. The Kier molecular flexibility index (Phi) is 7.96. The minimum absolute atomic E-state index is 0.138. The number of aromatic nitrogens is 1. The molecule has 1 fully saturated rings. The van der Waals surface area contributed by atoms with Crippen LogP contribution in [0.25, 0.3) is 0 Å². The highest BCUT2D eigenvalue weighted by atomic mass is 32.1. The molecule has 1 aromatic rings. The van der Waals surface area contributed by atoms with Crippen LogP contribution < -0.4 is 4.74 Å². The number of thiazole rings is 1. The molecule has 164 valence electrons. The summed E-state index contributed by atoms with van der Waals surface area (Å²) in [7, 11) is 0. The van der Waals surface area contributed by atoms with Crippen LogP contribution in [0.3, 0.4) is 0 Å². The van der Waals surface area contributed by atoms with Crippen molar-refractivity contribution in [3.05, 3.63) is 10.6 Å². The van der Waals surface area contributed by atoms with Gasteiger partial charge in [0.2, 0.25) is 0 Å². The summed E-state index contributed by atoms with van der Waals surface area (Å²) in [6.45, 7) is 3.56. The second-order valence-corrected chi connectivity index (χ2v) is 9.41. The molecule has 0 N–H and O–H groups in total. The number of fused-ring (bicyclic) bond motifs is 1. The fraction of sp³-hybridized carbons (Fsp3) is 0.810. The van der Waals surface area contributed by atoms with Gasteiger partial charge in [0.25, 0.3) is 5.19 Å². The maximum atomic E-state index is 12.3. The summed E-state index contributed by atoms with van der Waals surface area (Å²) < 4.78 is 41.7. The van der Waals surface area contributed by atoms with Gasteiger partial charge in [-0.2, -0.15) is 13.2 Å². The molecule has 0 saturated heterocycles. The Morgan fingerprint density at radius 2 is 1.86 bits per heavy atom. The van der Waals surface area contributed by atoms with Gasteiger partial charge in [-0.15, -0.1) is 0 Å². The number of hydrogen-bond acceptors (Lipinski definition) is 5. The molecule has 1 aliphatic carbocycles. The lowest BCUT2D eigenvalue weighted by atomic mass is 9.78. The molecule has 2 aliphatic rings. The van der Waals surface area contributed by atoms with E-state index in [1.54, 1.807) is 0 Å². The molecule has 2 heterocycles. The van der Waals surface area contributed by atoms with E-state index in [1.165, 1.54) is 43.4 Å². The van der Waals surface area contributed by atoms with Gasteiger partial charge in [-0.3, -0.25) is 4.79 Å². The molecule has 8 heteroatoms. The van der Waals surface area contributed by atoms with Crippen molar-refractivity contribution in [1.29, 1.82) is 0 Å². The third-order valence-corrected chi connectivity index (χ3v) is 7.24. The third-order valence-electron chi connectivity index (χ3n) is 6.17. The lowest BCUT2D eigenvalue weighted by Gasteiger charge is -2.30. The predicted molar refractivity (Wildman–Crippen MR) is 107 cm³/mol. The van der Waals surface area contributed by atoms with Gasteiger partial charge < -0.3 is 9.64 Å². The number of halogens is 3. The van der Waals surface area contributed by atoms with Crippen LogP contribution in [-0.4, -0.2) is 48.1 Å². The SMILES string of the molecule is CCC(=O)CC1CCC(CCN2CCc3nc(OCC(F)(F)F)sc3CC2)CC1. The summed E-state index contributed by atoms with van der Waals surface area (Å²) in [4.78, 5) is 19.4. The van der Waals surface area contributed by atoms with E-state index in [9.17, 15) is 18.0 Å². The Morgan fingerprint density at radius 3 is 2.55 bits per heavy atom. The van der Waals surface area contributed by atoms with E-state index in [2.05, 4.69) is 9.88 Å². The third kappa shape index (κ3) is 7.24. The van der Waals surface area contributed by atoms with E-state index in [-0.39, 0.29) is 5.19 Å². The standard InChI is InChI=1S/C21H31F3N2O2S/c1-2-17(27)13-16-5-3-15(4-6-16)7-10-26-11-8-18-19(9-12-26)29-20(25-18)28-14-21(22,23)24/h15-16H,2-14H2,1H3. The maximum Gasteiger partial charge on any atom is 0.422 e. The van der Waals surface area contributed by atoms with Crippen molar-refractivity contribution in [1.82, 2.24) is 9.88 Å². The van der Waals surface area contributed by atoms with Gasteiger partial charge >= 0.3 is 6.18 Å². The van der Waals surface area contributed by atoms with Crippen molar-refractivity contribution in [3.63, 3.8) is 0 Å². The first-order chi connectivity index (χ1) is 13.8. The Labute approximate surface area is 174 Å². The summed E-state index contributed by atoms with van der Waals surface area (Å²) in [6, 6.07) is 0. The molecule has 1 saturated carbocycles. The van der Waals surface area contributed by atoms with Gasteiger partial charge in [0, 0.05) is 37.2 Å². The number of alkyl halides is 3. The average Bonchev–Trinajstić information content (AvgIpc) is 2.99. The molecule has 0 atom stereocenters. The van der Waals surface area contributed by atoms with Gasteiger partial charge in [0.1, 0.15) is 5.78 Å². The Morgan fingerprint density at radius 1 is 1.17 bits per heavy atom. The monoisotopic (exact) mass is 432 g/mol. The van der Waals surface area contributed by atoms with Crippen molar-refractivity contribution < 1.29 is 22.7 Å². The van der Waals surface area contributed by atoms with Crippen molar-refractivity contribution in [3.8, 4) is 5.19 Å². The summed E-state index contributed by atoms with van der Waals surface area (Å²) in [5.41, 5.74) is 0.899. The van der Waals surface area contributed by atoms with Gasteiger partial charge in [-0.25, -0.2) is 4.98 Å². The first-order valence-corrected chi connectivity index (χ1v) is 11.6. The van der Waals surface area contributed by atoms with Crippen molar-refractivity contribution in [2.24, 2.45) is 11.8 Å². The van der Waals surface area contributed by atoms with E-state index in [0.717, 1.165) is 55.4 Å². The zero-order chi connectivity index (χ0) is 20.9. The fourth-order valence-corrected chi connectivity index (χ4v) is 5.31. The number of carbonyl (C=O) groups excluding carboxylic acids is 1. The van der Waals surface area contributed by atoms with Gasteiger partial charge in [0.15, 0.2) is 6.61 Å². The van der Waals surface area contributed by atoms with Crippen LogP contribution in [0.1, 0.15) is 62.4 Å². The maximum absolute atomic E-state index is 12.3. The number of ether oxygens (including phenoxy) is 1. The topological polar surface area (TPSA) is 42.4 Å². The number of ketones is 1. The Balaban J connectivity index is 1.37. The molecule has 4 nitrogen and oxygen atoms in total. The summed E-state index contributed by atoms with van der Waals surface area (Å²) in [5, 5.41) is 0.138. The van der Waals surface area contributed by atoms with Crippen LogP contribution in [0.4, 0.5) is 13.2 Å². The number of rotatable bonds is 8. The van der Waals surface area contributed by atoms with Crippen LogP contribution in [0, 0.1) is 11.8 Å². The molecule has 0 aromatic carbocycles. The normalized spacial score (nSPS) is 23.4.